The third-order valence-electron chi connectivity index (χ3n) is 4.37. The molecule has 0 saturated carbocycles. The predicted octanol–water partition coefficient (Wildman–Crippen LogP) is 3.16. The smallest absolute Gasteiger partial charge is 0.321 e. The van der Waals surface area contributed by atoms with Crippen LogP contribution < -0.4 is 0 Å². The van der Waals surface area contributed by atoms with E-state index in [1.165, 1.54) is 16.7 Å². The van der Waals surface area contributed by atoms with E-state index in [1.807, 2.05) is 6.92 Å². The largest absolute Gasteiger partial charge is 0.480 e. The molecule has 104 valence electrons. The number of nitrogens with zero attached hydrogens (tertiary/aromatic N) is 1. The minimum atomic E-state index is -0.692. The average molecular weight is 261 g/mol. The Morgan fingerprint density at radius 1 is 1.42 bits per heavy atom. The lowest BCUT2D eigenvalue weighted by atomic mass is 9.97. The van der Waals surface area contributed by atoms with Crippen molar-refractivity contribution < 1.29 is 9.90 Å². The maximum Gasteiger partial charge on any atom is 0.321 e. The second-order valence-electron chi connectivity index (χ2n) is 5.82. The molecular formula is C16H23NO2. The Bertz CT molecular complexity index is 484. The summed E-state index contributed by atoms with van der Waals surface area (Å²) in [6.45, 7) is 9.20. The lowest BCUT2D eigenvalue weighted by Gasteiger charge is -2.31. The summed E-state index contributed by atoms with van der Waals surface area (Å²) in [5.41, 5.74) is 3.72. The zero-order valence-corrected chi connectivity index (χ0v) is 12.2. The lowest BCUT2D eigenvalue weighted by molar-refractivity contribution is -0.144. The molecule has 2 rings (SSSR count). The van der Waals surface area contributed by atoms with Gasteiger partial charge in [0.05, 0.1) is 0 Å². The first-order valence-electron chi connectivity index (χ1n) is 6.97. The van der Waals surface area contributed by atoms with Crippen LogP contribution in [0, 0.1) is 19.8 Å². The van der Waals surface area contributed by atoms with Crippen LogP contribution in [0.15, 0.2) is 18.2 Å². The van der Waals surface area contributed by atoms with Gasteiger partial charge in [0.15, 0.2) is 0 Å². The molecule has 1 N–H and O–H groups in total. The molecule has 1 fully saturated rings. The van der Waals surface area contributed by atoms with Crippen LogP contribution in [0.25, 0.3) is 0 Å². The van der Waals surface area contributed by atoms with Crippen molar-refractivity contribution in [2.75, 3.05) is 6.54 Å². The summed E-state index contributed by atoms with van der Waals surface area (Å²) in [7, 11) is 0. The summed E-state index contributed by atoms with van der Waals surface area (Å²) < 4.78 is 0. The van der Waals surface area contributed by atoms with Crippen LogP contribution in [0.4, 0.5) is 0 Å². The van der Waals surface area contributed by atoms with E-state index in [0.29, 0.717) is 0 Å². The molecule has 3 heteroatoms. The minimum Gasteiger partial charge on any atom is -0.480 e. The van der Waals surface area contributed by atoms with Crippen molar-refractivity contribution in [1.82, 2.24) is 4.90 Å². The first-order valence-corrected chi connectivity index (χ1v) is 6.97. The molecular weight excluding hydrogens is 238 g/mol. The second-order valence-corrected chi connectivity index (χ2v) is 5.82. The van der Waals surface area contributed by atoms with Gasteiger partial charge in [0, 0.05) is 6.04 Å². The fraction of sp³-hybridized carbons (Fsp3) is 0.562. The number of aliphatic carboxylic acids is 1. The van der Waals surface area contributed by atoms with Gasteiger partial charge in [0.1, 0.15) is 6.04 Å². The highest BCUT2D eigenvalue weighted by Gasteiger charge is 2.39. The second kappa shape index (κ2) is 5.33. The summed E-state index contributed by atoms with van der Waals surface area (Å²) in [6.07, 6.45) is 0.964. The van der Waals surface area contributed by atoms with Gasteiger partial charge in [0.25, 0.3) is 0 Å². The van der Waals surface area contributed by atoms with Crippen molar-refractivity contribution in [2.24, 2.45) is 5.92 Å². The molecule has 0 bridgehead atoms. The molecule has 3 nitrogen and oxygen atoms in total. The molecule has 1 heterocycles. The van der Waals surface area contributed by atoms with Gasteiger partial charge in [-0.15, -0.1) is 0 Å². The first-order chi connectivity index (χ1) is 8.91. The molecule has 19 heavy (non-hydrogen) atoms. The molecule has 3 atom stereocenters. The number of likely N-dealkylation sites (tertiary alicyclic amines) is 1. The van der Waals surface area contributed by atoms with Crippen LogP contribution in [-0.4, -0.2) is 28.6 Å². The van der Waals surface area contributed by atoms with Crippen LogP contribution in [0.3, 0.4) is 0 Å². The highest BCUT2D eigenvalue weighted by Crippen LogP contribution is 2.34. The van der Waals surface area contributed by atoms with E-state index >= 15 is 0 Å². The number of carbonyl (C=O) groups is 1. The summed E-state index contributed by atoms with van der Waals surface area (Å²) >= 11 is 0. The van der Waals surface area contributed by atoms with Crippen LogP contribution in [0.1, 0.15) is 43.0 Å². The fourth-order valence-corrected chi connectivity index (χ4v) is 3.18. The van der Waals surface area contributed by atoms with E-state index in [4.69, 9.17) is 0 Å². The third kappa shape index (κ3) is 2.66. The maximum absolute atomic E-state index is 11.5. The van der Waals surface area contributed by atoms with Gasteiger partial charge in [-0.1, -0.05) is 30.7 Å². The van der Waals surface area contributed by atoms with Crippen molar-refractivity contribution >= 4 is 5.97 Å². The first kappa shape index (κ1) is 14.1. The summed E-state index contributed by atoms with van der Waals surface area (Å²) in [6, 6.07) is 6.21. The topological polar surface area (TPSA) is 40.5 Å². The lowest BCUT2D eigenvalue weighted by Crippen LogP contribution is -2.40. The Morgan fingerprint density at radius 3 is 2.74 bits per heavy atom. The highest BCUT2D eigenvalue weighted by atomic mass is 16.4. The summed E-state index contributed by atoms with van der Waals surface area (Å²) in [4.78, 5) is 13.6. The SMILES string of the molecule is Cc1ccc(C)c(C(C)N2CCC(C)C2C(=O)O)c1. The van der Waals surface area contributed by atoms with Crippen molar-refractivity contribution in [3.05, 3.63) is 34.9 Å². The van der Waals surface area contributed by atoms with E-state index in [-0.39, 0.29) is 18.0 Å². The number of carboxylic acids is 1. The van der Waals surface area contributed by atoms with E-state index in [2.05, 4.69) is 43.9 Å². The molecule has 1 saturated heterocycles. The van der Waals surface area contributed by atoms with Crippen molar-refractivity contribution in [2.45, 2.75) is 46.2 Å². The Balaban J connectivity index is 2.30. The normalized spacial score (nSPS) is 25.5. The van der Waals surface area contributed by atoms with Crippen molar-refractivity contribution in [1.29, 1.82) is 0 Å². The zero-order chi connectivity index (χ0) is 14.2. The Morgan fingerprint density at radius 2 is 2.11 bits per heavy atom. The van der Waals surface area contributed by atoms with E-state index < -0.39 is 5.97 Å². The molecule has 1 aliphatic rings. The molecule has 0 spiro atoms. The Labute approximate surface area is 115 Å². The number of aryl methyl sites for hydroxylation is 2. The minimum absolute atomic E-state index is 0.158. The number of hydrogen-bond donors (Lipinski definition) is 1. The number of carboxylic acid groups (broad SMARTS) is 1. The number of hydrogen-bond acceptors (Lipinski definition) is 2. The molecule has 1 aromatic rings. The Kier molecular flexibility index (Phi) is 3.95. The average Bonchev–Trinajstić information content (AvgIpc) is 2.73. The summed E-state index contributed by atoms with van der Waals surface area (Å²) in [5, 5.41) is 9.43. The van der Waals surface area contributed by atoms with Gasteiger partial charge in [-0.05, 0) is 50.8 Å². The van der Waals surface area contributed by atoms with Gasteiger partial charge in [-0.2, -0.15) is 0 Å². The zero-order valence-electron chi connectivity index (χ0n) is 12.2. The molecule has 0 aromatic heterocycles. The van der Waals surface area contributed by atoms with E-state index in [0.717, 1.165) is 13.0 Å². The molecule has 1 aromatic carbocycles. The highest BCUT2D eigenvalue weighted by molar-refractivity contribution is 5.74. The van der Waals surface area contributed by atoms with Crippen LogP contribution in [-0.2, 0) is 4.79 Å². The van der Waals surface area contributed by atoms with Crippen molar-refractivity contribution in [3.8, 4) is 0 Å². The van der Waals surface area contributed by atoms with Gasteiger partial charge < -0.3 is 5.11 Å². The quantitative estimate of drug-likeness (QED) is 0.908. The Hall–Kier alpha value is -1.35. The number of rotatable bonds is 3. The van der Waals surface area contributed by atoms with Crippen molar-refractivity contribution in [3.63, 3.8) is 0 Å². The van der Waals surface area contributed by atoms with Gasteiger partial charge >= 0.3 is 5.97 Å². The maximum atomic E-state index is 11.5. The standard InChI is InChI=1S/C16H23NO2/c1-10-5-6-11(2)14(9-10)13(4)17-8-7-12(3)15(17)16(18)19/h5-6,9,12-13,15H,7-8H2,1-4H3,(H,18,19). The van der Waals surface area contributed by atoms with Gasteiger partial charge in [-0.3, -0.25) is 9.69 Å². The van der Waals surface area contributed by atoms with Gasteiger partial charge in [0.2, 0.25) is 0 Å². The van der Waals surface area contributed by atoms with E-state index in [9.17, 15) is 9.90 Å². The van der Waals surface area contributed by atoms with E-state index in [1.54, 1.807) is 0 Å². The molecule has 1 aliphatic heterocycles. The molecule has 0 radical (unpaired) electrons. The van der Waals surface area contributed by atoms with Gasteiger partial charge in [-0.25, -0.2) is 0 Å². The molecule has 0 amide bonds. The fourth-order valence-electron chi connectivity index (χ4n) is 3.18. The number of benzene rings is 1. The summed E-state index contributed by atoms with van der Waals surface area (Å²) in [5.74, 6) is -0.466. The molecule has 0 aliphatic carbocycles. The predicted molar refractivity (Wildman–Crippen MR) is 76.2 cm³/mol. The van der Waals surface area contributed by atoms with Crippen LogP contribution in [0.2, 0.25) is 0 Å². The molecule has 3 unspecified atom stereocenters. The monoisotopic (exact) mass is 261 g/mol. The van der Waals surface area contributed by atoms with Crippen LogP contribution in [0.5, 0.6) is 0 Å². The third-order valence-corrected chi connectivity index (χ3v) is 4.37. The van der Waals surface area contributed by atoms with Crippen LogP contribution >= 0.6 is 0 Å².